The molecule has 27 heavy (non-hydrogen) atoms. The van der Waals surface area contributed by atoms with Gasteiger partial charge < -0.3 is 0 Å². The van der Waals surface area contributed by atoms with Gasteiger partial charge >= 0.3 is 0 Å². The van der Waals surface area contributed by atoms with E-state index < -0.39 is 21.7 Å². The molecule has 1 amide bonds. The van der Waals surface area contributed by atoms with Crippen LogP contribution in [0.5, 0.6) is 0 Å². The van der Waals surface area contributed by atoms with Gasteiger partial charge in [0.1, 0.15) is 5.82 Å². The van der Waals surface area contributed by atoms with Crippen molar-refractivity contribution in [1.82, 2.24) is 4.90 Å². The molecule has 0 N–H and O–H groups in total. The van der Waals surface area contributed by atoms with Gasteiger partial charge in [-0.25, -0.2) is 4.39 Å². The first-order chi connectivity index (χ1) is 12.8. The lowest BCUT2D eigenvalue weighted by Crippen LogP contribution is -2.29. The monoisotopic (exact) mass is 404 g/mol. The molecule has 0 aromatic heterocycles. The number of rotatable bonds is 4. The van der Waals surface area contributed by atoms with Crippen molar-refractivity contribution >= 4 is 38.9 Å². The minimum atomic E-state index is -3.96. The summed E-state index contributed by atoms with van der Waals surface area (Å²) < 4.78 is 42.9. The van der Waals surface area contributed by atoms with Gasteiger partial charge in [0, 0.05) is 12.1 Å². The summed E-state index contributed by atoms with van der Waals surface area (Å²) in [5.74, 6) is -0.859. The Kier molecular flexibility index (Phi) is 5.48. The van der Waals surface area contributed by atoms with Crippen LogP contribution in [0, 0.1) is 12.7 Å². The number of carbonyl (C=O) groups is 1. The molecular formula is C19H17FN2O3S2. The van der Waals surface area contributed by atoms with Gasteiger partial charge in [0.2, 0.25) is 0 Å². The van der Waals surface area contributed by atoms with Crippen LogP contribution >= 0.6 is 11.8 Å². The van der Waals surface area contributed by atoms with E-state index in [2.05, 4.69) is 4.40 Å². The first-order valence-electron chi connectivity index (χ1n) is 8.19. The first-order valence-corrected chi connectivity index (χ1v) is 10.4. The van der Waals surface area contributed by atoms with Crippen LogP contribution in [0.15, 0.2) is 62.7 Å². The van der Waals surface area contributed by atoms with E-state index in [1.807, 2.05) is 6.92 Å². The zero-order chi connectivity index (χ0) is 19.6. The lowest BCUT2D eigenvalue weighted by molar-refractivity contribution is -0.122. The minimum absolute atomic E-state index is 0.0521. The Labute approximate surface area is 161 Å². The summed E-state index contributed by atoms with van der Waals surface area (Å²) in [6, 6.07) is 12.4. The number of benzene rings is 2. The van der Waals surface area contributed by atoms with E-state index >= 15 is 0 Å². The number of thioether (sulfide) groups is 1. The van der Waals surface area contributed by atoms with E-state index in [4.69, 9.17) is 0 Å². The van der Waals surface area contributed by atoms with E-state index in [0.29, 0.717) is 0 Å². The number of hydrogen-bond donors (Lipinski definition) is 0. The first kappa shape index (κ1) is 19.3. The standard InChI is InChI=1S/C19H17FN2O3S2/c1-3-22-18(23)17(12-14-6-4-5-7-16(14)20)26-19(22)21-27(24,25)15-10-8-13(2)9-11-15/h4-12H,3H2,1-2H3/b17-12-,21-19+. The fourth-order valence-corrected chi connectivity index (χ4v) is 4.69. The molecule has 0 aliphatic carbocycles. The van der Waals surface area contributed by atoms with Gasteiger partial charge in [-0.3, -0.25) is 9.69 Å². The number of nitrogens with zero attached hydrogens (tertiary/aromatic N) is 2. The van der Waals surface area contributed by atoms with Crippen molar-refractivity contribution in [2.75, 3.05) is 6.54 Å². The maximum atomic E-state index is 13.9. The van der Waals surface area contributed by atoms with Crippen molar-refractivity contribution < 1.29 is 17.6 Å². The van der Waals surface area contributed by atoms with Gasteiger partial charge in [0.05, 0.1) is 9.80 Å². The smallest absolute Gasteiger partial charge is 0.284 e. The summed E-state index contributed by atoms with van der Waals surface area (Å²) in [6.07, 6.45) is 1.41. The number of hydrogen-bond acceptors (Lipinski definition) is 4. The molecule has 3 rings (SSSR count). The summed E-state index contributed by atoms with van der Waals surface area (Å²) in [5.41, 5.74) is 1.18. The Morgan fingerprint density at radius 2 is 1.81 bits per heavy atom. The van der Waals surface area contributed by atoms with Crippen LogP contribution in [0.4, 0.5) is 4.39 Å². The van der Waals surface area contributed by atoms with Crippen LogP contribution < -0.4 is 0 Å². The predicted octanol–water partition coefficient (Wildman–Crippen LogP) is 3.82. The fraction of sp³-hybridized carbons (Fsp3) is 0.158. The highest BCUT2D eigenvalue weighted by atomic mass is 32.2. The van der Waals surface area contributed by atoms with Gasteiger partial charge in [0.25, 0.3) is 15.9 Å². The predicted molar refractivity (Wildman–Crippen MR) is 105 cm³/mol. The second-order valence-corrected chi connectivity index (χ2v) is 8.46. The van der Waals surface area contributed by atoms with Crippen molar-refractivity contribution in [2.45, 2.75) is 18.7 Å². The molecule has 0 spiro atoms. The molecule has 0 bridgehead atoms. The van der Waals surface area contributed by atoms with Gasteiger partial charge in [-0.05, 0) is 49.9 Å². The normalized spacial score (nSPS) is 17.9. The number of amides is 1. The number of likely N-dealkylation sites (N-methyl/N-ethyl adjacent to an activating group) is 1. The lowest BCUT2D eigenvalue weighted by atomic mass is 10.2. The van der Waals surface area contributed by atoms with Crippen LogP contribution in [0.1, 0.15) is 18.1 Å². The molecule has 0 atom stereocenters. The topological polar surface area (TPSA) is 66.8 Å². The second-order valence-electron chi connectivity index (χ2n) is 5.84. The maximum Gasteiger partial charge on any atom is 0.284 e. The van der Waals surface area contributed by atoms with E-state index in [1.165, 1.54) is 29.2 Å². The number of halogens is 1. The summed E-state index contributed by atoms with van der Waals surface area (Å²) in [6.45, 7) is 3.83. The molecule has 5 nitrogen and oxygen atoms in total. The van der Waals surface area contributed by atoms with Crippen molar-refractivity contribution in [3.8, 4) is 0 Å². The summed E-state index contributed by atoms with van der Waals surface area (Å²) >= 11 is 0.921. The Morgan fingerprint density at radius 1 is 1.15 bits per heavy atom. The highest BCUT2D eigenvalue weighted by Gasteiger charge is 2.34. The molecule has 1 saturated heterocycles. The summed E-state index contributed by atoms with van der Waals surface area (Å²) in [4.78, 5) is 14.1. The number of aryl methyl sites for hydroxylation is 1. The minimum Gasteiger partial charge on any atom is -0.286 e. The second kappa shape index (κ2) is 7.66. The Morgan fingerprint density at radius 3 is 2.44 bits per heavy atom. The Hall–Kier alpha value is -2.45. The molecule has 0 saturated carbocycles. The molecule has 0 radical (unpaired) electrons. The van der Waals surface area contributed by atoms with Crippen LogP contribution in [-0.2, 0) is 14.8 Å². The summed E-state index contributed by atoms with van der Waals surface area (Å²) in [5, 5.41) is 0.0608. The fourth-order valence-electron chi connectivity index (χ4n) is 2.45. The van der Waals surface area contributed by atoms with Crippen molar-refractivity contribution in [3.05, 3.63) is 70.4 Å². The van der Waals surface area contributed by atoms with E-state index in [9.17, 15) is 17.6 Å². The van der Waals surface area contributed by atoms with E-state index in [-0.39, 0.29) is 27.1 Å². The van der Waals surface area contributed by atoms with Gasteiger partial charge in [0.15, 0.2) is 5.17 Å². The third-order valence-corrected chi connectivity index (χ3v) is 6.32. The van der Waals surface area contributed by atoms with Crippen LogP contribution in [0.2, 0.25) is 0 Å². The zero-order valence-corrected chi connectivity index (χ0v) is 16.3. The highest BCUT2D eigenvalue weighted by Crippen LogP contribution is 2.33. The highest BCUT2D eigenvalue weighted by molar-refractivity contribution is 8.19. The molecule has 140 valence electrons. The van der Waals surface area contributed by atoms with E-state index in [1.54, 1.807) is 37.3 Å². The number of sulfonamides is 1. The Balaban J connectivity index is 1.98. The van der Waals surface area contributed by atoms with Crippen LogP contribution in [0.25, 0.3) is 6.08 Å². The van der Waals surface area contributed by atoms with Crippen molar-refractivity contribution in [1.29, 1.82) is 0 Å². The van der Waals surface area contributed by atoms with Gasteiger partial charge in [-0.2, -0.15) is 8.42 Å². The molecule has 1 heterocycles. The molecule has 0 unspecified atom stereocenters. The number of amidine groups is 1. The molecule has 1 fully saturated rings. The third-order valence-electron chi connectivity index (χ3n) is 3.91. The van der Waals surface area contributed by atoms with Crippen LogP contribution in [0.3, 0.4) is 0 Å². The van der Waals surface area contributed by atoms with E-state index in [0.717, 1.165) is 17.3 Å². The van der Waals surface area contributed by atoms with Gasteiger partial charge in [-0.15, -0.1) is 4.40 Å². The third kappa shape index (κ3) is 4.12. The molecule has 1 aliphatic rings. The lowest BCUT2D eigenvalue weighted by Gasteiger charge is -2.12. The molecule has 1 aliphatic heterocycles. The quantitative estimate of drug-likeness (QED) is 0.727. The van der Waals surface area contributed by atoms with Gasteiger partial charge in [-0.1, -0.05) is 35.9 Å². The zero-order valence-electron chi connectivity index (χ0n) is 14.7. The largest absolute Gasteiger partial charge is 0.286 e. The molecular weight excluding hydrogens is 387 g/mol. The maximum absolute atomic E-state index is 13.9. The summed E-state index contributed by atoms with van der Waals surface area (Å²) in [7, 11) is -3.96. The molecule has 2 aromatic carbocycles. The average Bonchev–Trinajstić information content (AvgIpc) is 2.91. The average molecular weight is 404 g/mol. The van der Waals surface area contributed by atoms with Crippen molar-refractivity contribution in [2.24, 2.45) is 4.40 Å². The Bertz CT molecular complexity index is 1040. The molecule has 8 heteroatoms. The van der Waals surface area contributed by atoms with Crippen molar-refractivity contribution in [3.63, 3.8) is 0 Å². The number of carbonyl (C=O) groups excluding carboxylic acids is 1. The molecule has 2 aromatic rings. The van der Waals surface area contributed by atoms with Crippen LogP contribution in [-0.4, -0.2) is 30.9 Å². The SMILES string of the molecule is CCN1C(=O)/C(=C/c2ccccc2F)S/C1=N/S(=O)(=O)c1ccc(C)cc1.